The van der Waals surface area contributed by atoms with E-state index in [1.54, 1.807) is 19.1 Å². The molecule has 2 rings (SSSR count). The second-order valence-corrected chi connectivity index (χ2v) is 12.1. The van der Waals surface area contributed by atoms with E-state index in [-0.39, 0.29) is 36.1 Å². The second-order valence-electron chi connectivity index (χ2n) is 5.85. The molecule has 10 heteroatoms. The zero-order chi connectivity index (χ0) is 20.8. The molecule has 0 bridgehead atoms. The predicted molar refractivity (Wildman–Crippen MR) is 113 cm³/mol. The minimum absolute atomic E-state index is 0.0179. The molecular weight excluding hydrogens is 442 g/mol. The third-order valence-electron chi connectivity index (χ3n) is 3.86. The number of ether oxygens (including phenoxy) is 1. The van der Waals surface area contributed by atoms with E-state index in [2.05, 4.69) is 6.58 Å². The molecule has 1 heterocycles. The maximum Gasteiger partial charge on any atom is 0.243 e. The fraction of sp³-hybridized carbons (Fsp3) is 0.333. The first-order valence-electron chi connectivity index (χ1n) is 8.46. The van der Waals surface area contributed by atoms with Crippen molar-refractivity contribution in [2.45, 2.75) is 18.4 Å². The van der Waals surface area contributed by atoms with Crippen LogP contribution in [0.25, 0.3) is 0 Å². The van der Waals surface area contributed by atoms with E-state index < -0.39 is 19.9 Å². The molecule has 0 atom stereocenters. The number of sulfone groups is 1. The molecule has 154 valence electrons. The molecule has 1 aromatic heterocycles. The van der Waals surface area contributed by atoms with E-state index in [4.69, 9.17) is 16.3 Å². The number of benzene rings is 1. The number of rotatable bonds is 11. The molecule has 0 unspecified atom stereocenters. The van der Waals surface area contributed by atoms with Crippen LogP contribution in [0, 0.1) is 0 Å². The van der Waals surface area contributed by atoms with Crippen molar-refractivity contribution in [2.24, 2.45) is 0 Å². The molecule has 0 amide bonds. The summed E-state index contributed by atoms with van der Waals surface area (Å²) < 4.78 is 56.2. The lowest BCUT2D eigenvalue weighted by molar-refractivity contribution is 0.340. The highest BCUT2D eigenvalue weighted by molar-refractivity contribution is 7.91. The van der Waals surface area contributed by atoms with Crippen LogP contribution in [0.5, 0.6) is 5.75 Å². The van der Waals surface area contributed by atoms with Crippen LogP contribution >= 0.6 is 22.9 Å². The standard InChI is InChI=1S/C18H22ClNO5S3/c1-3-11-20(14-16-7-10-18(19)26-16)28(23,24)17-8-5-15(6-9-17)25-12-13-27(21,22)4-2/h3,5-10H,1,4,11-14H2,2H3. The molecule has 0 aliphatic carbocycles. The topological polar surface area (TPSA) is 80.8 Å². The number of hydrogen-bond donors (Lipinski definition) is 0. The zero-order valence-corrected chi connectivity index (χ0v) is 18.6. The molecule has 1 aromatic carbocycles. The van der Waals surface area contributed by atoms with Crippen LogP contribution in [0.3, 0.4) is 0 Å². The van der Waals surface area contributed by atoms with Gasteiger partial charge in [0.1, 0.15) is 12.4 Å². The van der Waals surface area contributed by atoms with Gasteiger partial charge < -0.3 is 4.74 Å². The fourth-order valence-corrected chi connectivity index (χ4v) is 5.49. The van der Waals surface area contributed by atoms with Crippen LogP contribution in [0.2, 0.25) is 4.34 Å². The Labute approximate surface area is 175 Å². The number of nitrogens with zero attached hydrogens (tertiary/aromatic N) is 1. The summed E-state index contributed by atoms with van der Waals surface area (Å²) in [5.41, 5.74) is 0. The van der Waals surface area contributed by atoms with E-state index in [1.807, 2.05) is 0 Å². The Balaban J connectivity index is 2.11. The quantitative estimate of drug-likeness (QED) is 0.475. The normalized spacial score (nSPS) is 12.2. The lowest BCUT2D eigenvalue weighted by Gasteiger charge is -2.20. The summed E-state index contributed by atoms with van der Waals surface area (Å²) in [6, 6.07) is 9.43. The van der Waals surface area contributed by atoms with Crippen molar-refractivity contribution in [1.82, 2.24) is 4.31 Å². The van der Waals surface area contributed by atoms with Gasteiger partial charge in [-0.05, 0) is 36.4 Å². The van der Waals surface area contributed by atoms with Crippen molar-refractivity contribution in [2.75, 3.05) is 24.7 Å². The highest BCUT2D eigenvalue weighted by atomic mass is 35.5. The minimum atomic E-state index is -3.74. The minimum Gasteiger partial charge on any atom is -0.493 e. The van der Waals surface area contributed by atoms with E-state index in [1.165, 1.54) is 46.0 Å². The SMILES string of the molecule is C=CCN(Cc1ccc(Cl)s1)S(=O)(=O)c1ccc(OCCS(=O)(=O)CC)cc1. The summed E-state index contributed by atoms with van der Waals surface area (Å²) in [6.45, 7) is 5.58. The van der Waals surface area contributed by atoms with Crippen LogP contribution in [-0.4, -0.2) is 45.8 Å². The predicted octanol–water partition coefficient (Wildman–Crippen LogP) is 3.59. The molecule has 28 heavy (non-hydrogen) atoms. The van der Waals surface area contributed by atoms with Gasteiger partial charge in [0.25, 0.3) is 0 Å². The fourth-order valence-electron chi connectivity index (χ4n) is 2.29. The Morgan fingerprint density at radius 1 is 1.14 bits per heavy atom. The molecule has 2 aromatic rings. The van der Waals surface area contributed by atoms with Gasteiger partial charge in [-0.2, -0.15) is 4.31 Å². The lowest BCUT2D eigenvalue weighted by Crippen LogP contribution is -2.30. The van der Waals surface area contributed by atoms with E-state index in [9.17, 15) is 16.8 Å². The number of thiophene rings is 1. The van der Waals surface area contributed by atoms with Gasteiger partial charge >= 0.3 is 0 Å². The van der Waals surface area contributed by atoms with Gasteiger partial charge in [0.15, 0.2) is 9.84 Å². The first-order chi connectivity index (χ1) is 13.2. The summed E-state index contributed by atoms with van der Waals surface area (Å²) in [5.74, 6) is 0.382. The van der Waals surface area contributed by atoms with Crippen molar-refractivity contribution in [3.63, 3.8) is 0 Å². The van der Waals surface area contributed by atoms with Crippen molar-refractivity contribution in [3.05, 3.63) is 58.3 Å². The van der Waals surface area contributed by atoms with Crippen LogP contribution in [0.15, 0.2) is 53.9 Å². The molecule has 0 N–H and O–H groups in total. The molecule has 0 spiro atoms. The van der Waals surface area contributed by atoms with Crippen molar-refractivity contribution in [1.29, 1.82) is 0 Å². The van der Waals surface area contributed by atoms with E-state index in [0.717, 1.165) is 4.88 Å². The first kappa shape index (κ1) is 22.9. The molecular formula is C18H22ClNO5S3. The van der Waals surface area contributed by atoms with E-state index in [0.29, 0.717) is 10.1 Å². The van der Waals surface area contributed by atoms with Crippen LogP contribution in [-0.2, 0) is 26.4 Å². The Bertz CT molecular complexity index is 998. The highest BCUT2D eigenvalue weighted by Gasteiger charge is 2.24. The summed E-state index contributed by atoms with van der Waals surface area (Å²) in [7, 11) is -6.85. The molecule has 0 saturated heterocycles. The molecule has 0 saturated carbocycles. The van der Waals surface area contributed by atoms with Crippen LogP contribution < -0.4 is 4.74 Å². The average Bonchev–Trinajstić information content (AvgIpc) is 3.06. The van der Waals surface area contributed by atoms with Gasteiger partial charge in [-0.3, -0.25) is 0 Å². The summed E-state index contributed by atoms with van der Waals surface area (Å²) in [5, 5.41) is 0. The van der Waals surface area contributed by atoms with Crippen LogP contribution in [0.1, 0.15) is 11.8 Å². The van der Waals surface area contributed by atoms with Crippen molar-refractivity contribution < 1.29 is 21.6 Å². The molecule has 0 radical (unpaired) electrons. The zero-order valence-electron chi connectivity index (χ0n) is 15.4. The third-order valence-corrected chi connectivity index (χ3v) is 8.57. The van der Waals surface area contributed by atoms with Crippen molar-refractivity contribution in [3.8, 4) is 5.75 Å². The molecule has 0 aliphatic heterocycles. The van der Waals surface area contributed by atoms with E-state index >= 15 is 0 Å². The van der Waals surface area contributed by atoms with Gasteiger partial charge in [0, 0.05) is 23.7 Å². The van der Waals surface area contributed by atoms with Gasteiger partial charge in [0.2, 0.25) is 10.0 Å². The van der Waals surface area contributed by atoms with Gasteiger partial charge in [-0.25, -0.2) is 16.8 Å². The summed E-state index contributed by atoms with van der Waals surface area (Å²) >= 11 is 7.25. The first-order valence-corrected chi connectivity index (χ1v) is 12.9. The molecule has 6 nitrogen and oxygen atoms in total. The molecule has 0 fully saturated rings. The Hall–Kier alpha value is -1.39. The lowest BCUT2D eigenvalue weighted by atomic mass is 10.3. The van der Waals surface area contributed by atoms with Gasteiger partial charge in [-0.15, -0.1) is 17.9 Å². The maximum atomic E-state index is 13.0. The number of hydrogen-bond acceptors (Lipinski definition) is 6. The second kappa shape index (κ2) is 9.89. The van der Waals surface area contributed by atoms with Gasteiger partial charge in [0.05, 0.1) is 15.0 Å². The Kier molecular flexibility index (Phi) is 8.08. The molecule has 0 aliphatic rings. The highest BCUT2D eigenvalue weighted by Crippen LogP contribution is 2.26. The maximum absolute atomic E-state index is 13.0. The van der Waals surface area contributed by atoms with Crippen molar-refractivity contribution >= 4 is 42.8 Å². The summed E-state index contributed by atoms with van der Waals surface area (Å²) in [6.07, 6.45) is 1.53. The largest absolute Gasteiger partial charge is 0.493 e. The summed E-state index contributed by atoms with van der Waals surface area (Å²) in [4.78, 5) is 0.943. The van der Waals surface area contributed by atoms with Crippen LogP contribution in [0.4, 0.5) is 0 Å². The number of sulfonamides is 1. The van der Waals surface area contributed by atoms with Gasteiger partial charge in [-0.1, -0.05) is 24.6 Å². The number of halogens is 1. The monoisotopic (exact) mass is 463 g/mol. The Morgan fingerprint density at radius 3 is 2.36 bits per heavy atom. The smallest absolute Gasteiger partial charge is 0.243 e. The Morgan fingerprint density at radius 2 is 1.82 bits per heavy atom. The third kappa shape index (κ3) is 6.31. The average molecular weight is 464 g/mol.